The number of fused-ring (bicyclic) bond motifs is 1. The molecule has 3 heterocycles. The Morgan fingerprint density at radius 2 is 1.98 bits per heavy atom. The van der Waals surface area contributed by atoms with Crippen molar-refractivity contribution in [3.8, 4) is 11.1 Å². The number of anilines is 1. The Morgan fingerprint density at radius 1 is 1.12 bits per heavy atom. The molecule has 1 fully saturated rings. The van der Waals surface area contributed by atoms with Crippen LogP contribution in [0.3, 0.4) is 0 Å². The monoisotopic (exact) mass is 566 g/mol. The van der Waals surface area contributed by atoms with Crippen molar-refractivity contribution in [1.82, 2.24) is 25.5 Å². The number of hydrogen-bond acceptors (Lipinski definition) is 7. The van der Waals surface area contributed by atoms with Crippen LogP contribution in [0.5, 0.6) is 0 Å². The molecule has 1 saturated carbocycles. The van der Waals surface area contributed by atoms with E-state index < -0.39 is 11.7 Å². The average Bonchev–Trinajstić information content (AvgIpc) is 3.36. The van der Waals surface area contributed by atoms with Gasteiger partial charge in [-0.25, -0.2) is 4.79 Å². The molecule has 212 valence electrons. The zero-order valence-electron chi connectivity index (χ0n) is 21.9. The van der Waals surface area contributed by atoms with Gasteiger partial charge >= 0.3 is 12.2 Å². The molecule has 0 bridgehead atoms. The summed E-state index contributed by atoms with van der Waals surface area (Å²) < 4.78 is 50.3. The van der Waals surface area contributed by atoms with Crippen molar-refractivity contribution >= 4 is 17.8 Å². The number of rotatable bonds is 6. The number of alkyl halides is 3. The van der Waals surface area contributed by atoms with E-state index in [0.29, 0.717) is 42.2 Å². The number of urea groups is 1. The van der Waals surface area contributed by atoms with E-state index >= 15 is 0 Å². The van der Waals surface area contributed by atoms with E-state index in [2.05, 4.69) is 25.9 Å². The summed E-state index contributed by atoms with van der Waals surface area (Å²) >= 11 is 0. The van der Waals surface area contributed by atoms with Crippen LogP contribution < -0.4 is 10.6 Å². The minimum atomic E-state index is -4.48. The van der Waals surface area contributed by atoms with Crippen molar-refractivity contribution in [2.45, 2.75) is 44.9 Å². The highest BCUT2D eigenvalue weighted by Gasteiger charge is 2.47. The van der Waals surface area contributed by atoms with E-state index in [0.717, 1.165) is 28.8 Å². The predicted molar refractivity (Wildman–Crippen MR) is 138 cm³/mol. The Bertz CT molecular complexity index is 1600. The third kappa shape index (κ3) is 5.52. The quantitative estimate of drug-likeness (QED) is 0.334. The molecule has 4 aromatic rings. The zero-order valence-corrected chi connectivity index (χ0v) is 21.9. The van der Waals surface area contributed by atoms with E-state index in [-0.39, 0.29) is 42.7 Å². The van der Waals surface area contributed by atoms with Gasteiger partial charge in [-0.2, -0.15) is 18.2 Å². The maximum absolute atomic E-state index is 13.4. The van der Waals surface area contributed by atoms with Gasteiger partial charge < -0.3 is 19.3 Å². The number of nitrogens with one attached hydrogen (secondary N) is 2. The minimum absolute atomic E-state index is 0.121. The van der Waals surface area contributed by atoms with Gasteiger partial charge in [0.2, 0.25) is 11.8 Å². The van der Waals surface area contributed by atoms with Crippen LogP contribution in [0.25, 0.3) is 11.1 Å². The molecule has 13 heteroatoms. The van der Waals surface area contributed by atoms with E-state index in [1.165, 1.54) is 18.4 Å². The summed E-state index contributed by atoms with van der Waals surface area (Å²) in [6, 6.07) is 9.90. The Labute approximate surface area is 231 Å². The van der Waals surface area contributed by atoms with Crippen molar-refractivity contribution in [2.75, 3.05) is 11.9 Å². The van der Waals surface area contributed by atoms with Gasteiger partial charge in [-0.1, -0.05) is 34.6 Å². The largest absolute Gasteiger partial charge is 0.416 e. The third-order valence-corrected chi connectivity index (χ3v) is 7.41. The highest BCUT2D eigenvalue weighted by atomic mass is 19.4. The Balaban J connectivity index is 1.26. The van der Waals surface area contributed by atoms with Crippen molar-refractivity contribution in [1.29, 1.82) is 0 Å². The SMILES string of the molecule is Cc1noc([C@@H]2C[C@H]2C(=O)NCc2ccc(-c3cccc(C(F)(F)F)c3)c3c2CN(C(=O)Nc2ccon2)CC3)n1. The Kier molecular flexibility index (Phi) is 6.72. The van der Waals surface area contributed by atoms with E-state index in [4.69, 9.17) is 9.05 Å². The lowest BCUT2D eigenvalue weighted by Gasteiger charge is -2.32. The number of nitrogens with zero attached hydrogens (tertiary/aromatic N) is 4. The molecule has 0 radical (unpaired) electrons. The summed E-state index contributed by atoms with van der Waals surface area (Å²) in [6.07, 6.45) is -2.11. The van der Waals surface area contributed by atoms with Gasteiger partial charge in [0, 0.05) is 25.7 Å². The molecule has 0 saturated heterocycles. The highest BCUT2D eigenvalue weighted by molar-refractivity contribution is 5.88. The standard InChI is InChI=1S/C28H25F3N6O4/c1-15-33-26(41-35-15)22-12-21(22)25(38)32-13-17-5-6-19(16-3-2-4-18(11-16)28(29,30)31)20-7-9-37(14-23(17)20)27(39)34-24-8-10-40-36-24/h2-6,8,10-11,21-22H,7,9,12-14H2,1H3,(H,32,38)(H,34,36,39)/t21-,22-/m1/s1. The van der Waals surface area contributed by atoms with Crippen LogP contribution in [0, 0.1) is 12.8 Å². The number of benzene rings is 2. The lowest BCUT2D eigenvalue weighted by Crippen LogP contribution is -2.40. The molecule has 1 aliphatic heterocycles. The van der Waals surface area contributed by atoms with Crippen molar-refractivity contribution in [3.05, 3.63) is 82.7 Å². The summed E-state index contributed by atoms with van der Waals surface area (Å²) in [7, 11) is 0. The second-order valence-corrected chi connectivity index (χ2v) is 10.1. The molecule has 3 amide bonds. The molecule has 6 rings (SSSR count). The second-order valence-electron chi connectivity index (χ2n) is 10.1. The summed E-state index contributed by atoms with van der Waals surface area (Å²) in [5, 5.41) is 13.1. The first-order valence-electron chi connectivity index (χ1n) is 13.0. The Hall–Kier alpha value is -4.68. The summed E-state index contributed by atoms with van der Waals surface area (Å²) in [4.78, 5) is 31.7. The molecule has 2 atom stereocenters. The second kappa shape index (κ2) is 10.4. The van der Waals surface area contributed by atoms with E-state index in [9.17, 15) is 22.8 Å². The van der Waals surface area contributed by atoms with Crippen LogP contribution >= 0.6 is 0 Å². The first-order valence-corrected chi connectivity index (χ1v) is 13.0. The molecule has 41 heavy (non-hydrogen) atoms. The summed E-state index contributed by atoms with van der Waals surface area (Å²) in [6.45, 7) is 2.44. The number of aromatic nitrogens is 3. The maximum atomic E-state index is 13.4. The number of amides is 3. The van der Waals surface area contributed by atoms with Crippen molar-refractivity contribution in [2.24, 2.45) is 5.92 Å². The maximum Gasteiger partial charge on any atom is 0.416 e. The lowest BCUT2D eigenvalue weighted by atomic mass is 9.87. The smallest absolute Gasteiger partial charge is 0.363 e. The molecule has 0 unspecified atom stereocenters. The zero-order chi connectivity index (χ0) is 28.7. The molecule has 1 aliphatic carbocycles. The molecule has 2 aromatic heterocycles. The number of carbonyl (C=O) groups is 2. The van der Waals surface area contributed by atoms with Gasteiger partial charge in [-0.05, 0) is 59.7 Å². The molecular weight excluding hydrogens is 541 g/mol. The molecule has 2 aliphatic rings. The topological polar surface area (TPSA) is 126 Å². The van der Waals surface area contributed by atoms with Gasteiger partial charge in [0.15, 0.2) is 11.6 Å². The molecule has 2 aromatic carbocycles. The highest BCUT2D eigenvalue weighted by Crippen LogP contribution is 2.47. The average molecular weight is 567 g/mol. The normalized spacial score (nSPS) is 18.1. The van der Waals surface area contributed by atoms with Crippen molar-refractivity contribution < 1.29 is 31.8 Å². The van der Waals surface area contributed by atoms with Gasteiger partial charge in [-0.15, -0.1) is 0 Å². The summed E-state index contributed by atoms with van der Waals surface area (Å²) in [5.41, 5.74) is 2.75. The fourth-order valence-corrected chi connectivity index (χ4v) is 5.21. The van der Waals surface area contributed by atoms with Gasteiger partial charge in [0.25, 0.3) is 0 Å². The fourth-order valence-electron chi connectivity index (χ4n) is 5.21. The Morgan fingerprint density at radius 3 is 2.71 bits per heavy atom. The van der Waals surface area contributed by atoms with Gasteiger partial charge in [-0.3, -0.25) is 10.1 Å². The van der Waals surface area contributed by atoms with E-state index in [1.807, 2.05) is 0 Å². The van der Waals surface area contributed by atoms with Gasteiger partial charge in [0.05, 0.1) is 17.4 Å². The molecule has 2 N–H and O–H groups in total. The number of hydrogen-bond donors (Lipinski definition) is 2. The van der Waals surface area contributed by atoms with Crippen LogP contribution in [0.2, 0.25) is 0 Å². The molecule has 10 nitrogen and oxygen atoms in total. The molecular formula is C28H25F3N6O4. The summed E-state index contributed by atoms with van der Waals surface area (Å²) in [5.74, 6) is 0.665. The third-order valence-electron chi connectivity index (χ3n) is 7.41. The van der Waals surface area contributed by atoms with Gasteiger partial charge in [0.1, 0.15) is 6.26 Å². The minimum Gasteiger partial charge on any atom is -0.363 e. The first kappa shape index (κ1) is 26.5. The number of halogens is 3. The predicted octanol–water partition coefficient (Wildman–Crippen LogP) is 5.06. The lowest BCUT2D eigenvalue weighted by molar-refractivity contribution is -0.137. The fraction of sp³-hybridized carbons (Fsp3) is 0.321. The first-order chi connectivity index (χ1) is 19.7. The number of aryl methyl sites for hydroxylation is 1. The van der Waals surface area contributed by atoms with Crippen LogP contribution in [0.1, 0.15) is 46.3 Å². The van der Waals surface area contributed by atoms with Crippen LogP contribution in [-0.4, -0.2) is 38.7 Å². The van der Waals surface area contributed by atoms with Crippen LogP contribution in [0.15, 0.2) is 57.8 Å². The van der Waals surface area contributed by atoms with Crippen molar-refractivity contribution in [3.63, 3.8) is 0 Å². The molecule has 0 spiro atoms. The number of carbonyl (C=O) groups excluding carboxylic acids is 2. The van der Waals surface area contributed by atoms with Crippen LogP contribution in [0.4, 0.5) is 23.8 Å². The van der Waals surface area contributed by atoms with E-state index in [1.54, 1.807) is 30.0 Å². The van der Waals surface area contributed by atoms with Crippen LogP contribution in [-0.2, 0) is 30.5 Å².